The van der Waals surface area contributed by atoms with Gasteiger partial charge in [-0.3, -0.25) is 0 Å². The predicted molar refractivity (Wildman–Crippen MR) is 72.5 cm³/mol. The molecule has 0 saturated carbocycles. The summed E-state index contributed by atoms with van der Waals surface area (Å²) in [4.78, 5) is 2.03. The molecule has 0 spiro atoms. The van der Waals surface area contributed by atoms with E-state index in [9.17, 15) is 9.50 Å². The molecule has 102 valence electrons. The first-order valence-electron chi connectivity index (χ1n) is 6.63. The highest BCUT2D eigenvalue weighted by molar-refractivity contribution is 5.58. The lowest BCUT2D eigenvalue weighted by atomic mass is 9.93. The zero-order valence-corrected chi connectivity index (χ0v) is 11.6. The molecule has 1 aliphatic rings. The maximum Gasteiger partial charge on any atom is 0.145 e. The lowest BCUT2D eigenvalue weighted by Crippen LogP contribution is -2.42. The van der Waals surface area contributed by atoms with E-state index in [4.69, 9.17) is 5.26 Å². The van der Waals surface area contributed by atoms with E-state index in [1.165, 1.54) is 6.07 Å². The minimum atomic E-state index is -0.711. The Labute approximate surface area is 113 Å². The van der Waals surface area contributed by atoms with Crippen LogP contribution in [0.25, 0.3) is 0 Å². The number of halogens is 1. The number of benzene rings is 1. The van der Waals surface area contributed by atoms with Gasteiger partial charge in [-0.05, 0) is 38.8 Å². The molecular weight excluding hydrogens is 243 g/mol. The number of rotatable bonds is 2. The van der Waals surface area contributed by atoms with E-state index in [-0.39, 0.29) is 11.6 Å². The van der Waals surface area contributed by atoms with Crippen LogP contribution in [0.1, 0.15) is 37.8 Å². The van der Waals surface area contributed by atoms with Crippen molar-refractivity contribution in [1.82, 2.24) is 0 Å². The Balaban J connectivity index is 2.40. The third-order valence-electron chi connectivity index (χ3n) is 4.43. The quantitative estimate of drug-likeness (QED) is 0.891. The average Bonchev–Trinajstić information content (AvgIpc) is 2.71. The van der Waals surface area contributed by atoms with Crippen LogP contribution >= 0.6 is 0 Å². The van der Waals surface area contributed by atoms with Crippen LogP contribution < -0.4 is 4.90 Å². The number of nitriles is 1. The lowest BCUT2D eigenvalue weighted by Gasteiger charge is -2.32. The summed E-state index contributed by atoms with van der Waals surface area (Å²) < 4.78 is 14.0. The van der Waals surface area contributed by atoms with Gasteiger partial charge in [-0.1, -0.05) is 6.92 Å². The number of aliphatic hydroxyl groups is 1. The molecule has 1 aromatic rings. The first-order chi connectivity index (χ1) is 8.94. The Morgan fingerprint density at radius 1 is 1.58 bits per heavy atom. The number of anilines is 1. The van der Waals surface area contributed by atoms with Crippen molar-refractivity contribution in [3.63, 3.8) is 0 Å². The zero-order chi connectivity index (χ0) is 14.2. The molecule has 4 heteroatoms. The molecule has 0 bridgehead atoms. The van der Waals surface area contributed by atoms with Gasteiger partial charge in [0, 0.05) is 17.8 Å². The molecule has 1 aliphatic heterocycles. The van der Waals surface area contributed by atoms with E-state index in [1.807, 2.05) is 24.8 Å². The summed E-state index contributed by atoms with van der Waals surface area (Å²) in [5.41, 5.74) is 0.607. The van der Waals surface area contributed by atoms with Gasteiger partial charge in [0.15, 0.2) is 0 Å². The van der Waals surface area contributed by atoms with Crippen LogP contribution in [0.5, 0.6) is 0 Å². The van der Waals surface area contributed by atoms with Gasteiger partial charge < -0.3 is 10.0 Å². The molecule has 1 N–H and O–H groups in total. The smallest absolute Gasteiger partial charge is 0.145 e. The van der Waals surface area contributed by atoms with Gasteiger partial charge >= 0.3 is 0 Å². The second-order valence-corrected chi connectivity index (χ2v) is 5.26. The Kier molecular flexibility index (Phi) is 3.51. The fraction of sp³-hybridized carbons (Fsp3) is 0.533. The number of nitrogens with zero attached hydrogens (tertiary/aromatic N) is 2. The van der Waals surface area contributed by atoms with E-state index in [2.05, 4.69) is 0 Å². The van der Waals surface area contributed by atoms with Gasteiger partial charge in [0.2, 0.25) is 0 Å². The Hall–Kier alpha value is -1.60. The van der Waals surface area contributed by atoms with Gasteiger partial charge in [0.25, 0.3) is 0 Å². The summed E-state index contributed by atoms with van der Waals surface area (Å²) in [6, 6.07) is 5.08. The van der Waals surface area contributed by atoms with E-state index in [0.717, 1.165) is 5.69 Å². The molecule has 0 aliphatic carbocycles. The van der Waals surface area contributed by atoms with E-state index >= 15 is 0 Å². The van der Waals surface area contributed by atoms with Crippen molar-refractivity contribution in [2.45, 2.75) is 45.3 Å². The summed E-state index contributed by atoms with van der Waals surface area (Å²) in [6.07, 6.45) is 1.37. The minimum Gasteiger partial charge on any atom is -0.388 e. The van der Waals surface area contributed by atoms with Crippen LogP contribution in [-0.4, -0.2) is 23.3 Å². The van der Waals surface area contributed by atoms with E-state index < -0.39 is 11.4 Å². The van der Waals surface area contributed by atoms with E-state index in [0.29, 0.717) is 24.9 Å². The molecule has 0 aromatic heterocycles. The molecule has 0 radical (unpaired) electrons. The normalized spacial score (nSPS) is 26.5. The summed E-state index contributed by atoms with van der Waals surface area (Å²) in [6.45, 7) is 6.32. The average molecular weight is 262 g/mol. The molecule has 1 aromatic carbocycles. The number of hydrogen-bond acceptors (Lipinski definition) is 3. The maximum absolute atomic E-state index is 14.0. The predicted octanol–water partition coefficient (Wildman–Crippen LogP) is 2.75. The molecule has 1 fully saturated rings. The van der Waals surface area contributed by atoms with E-state index in [1.54, 1.807) is 13.0 Å². The summed E-state index contributed by atoms with van der Waals surface area (Å²) in [5.74, 6) is -0.459. The Morgan fingerprint density at radius 2 is 2.26 bits per heavy atom. The zero-order valence-electron chi connectivity index (χ0n) is 11.6. The molecule has 1 saturated heterocycles. The fourth-order valence-electron chi connectivity index (χ4n) is 2.88. The van der Waals surface area contributed by atoms with Gasteiger partial charge in [0.05, 0.1) is 17.2 Å². The van der Waals surface area contributed by atoms with Crippen LogP contribution in [0.15, 0.2) is 12.1 Å². The molecule has 0 amide bonds. The summed E-state index contributed by atoms with van der Waals surface area (Å²) in [5, 5.41) is 19.3. The van der Waals surface area contributed by atoms with Crippen molar-refractivity contribution in [3.05, 3.63) is 29.1 Å². The molecular formula is C15H19FN2O. The first kappa shape index (κ1) is 13.8. The second-order valence-electron chi connectivity index (χ2n) is 5.26. The third kappa shape index (κ3) is 2.08. The minimum absolute atomic E-state index is 0.0523. The standard InChI is InChI=1S/C15H19FN2O/c1-4-15(19)7-8-18(11(15)3)13-6-5-12(9-17)14(16)10(13)2/h5-6,11,19H,4,7-8H2,1-3H3. The molecule has 3 nitrogen and oxygen atoms in total. The van der Waals surface area contributed by atoms with Crippen LogP contribution in [0, 0.1) is 24.1 Å². The summed E-state index contributed by atoms with van der Waals surface area (Å²) >= 11 is 0. The fourth-order valence-corrected chi connectivity index (χ4v) is 2.88. The highest BCUT2D eigenvalue weighted by Crippen LogP contribution is 2.37. The largest absolute Gasteiger partial charge is 0.388 e. The van der Waals surface area contributed by atoms with Crippen molar-refractivity contribution in [2.75, 3.05) is 11.4 Å². The third-order valence-corrected chi connectivity index (χ3v) is 4.43. The summed E-state index contributed by atoms with van der Waals surface area (Å²) in [7, 11) is 0. The van der Waals surface area contributed by atoms with Gasteiger partial charge in [-0.2, -0.15) is 5.26 Å². The van der Waals surface area contributed by atoms with Crippen LogP contribution in [-0.2, 0) is 0 Å². The molecule has 2 atom stereocenters. The SMILES string of the molecule is CCC1(O)CCN(c2ccc(C#N)c(F)c2C)C1C. The van der Waals surface area contributed by atoms with Crippen molar-refractivity contribution in [2.24, 2.45) is 0 Å². The van der Waals surface area contributed by atoms with Crippen molar-refractivity contribution < 1.29 is 9.50 Å². The molecule has 19 heavy (non-hydrogen) atoms. The highest BCUT2D eigenvalue weighted by Gasteiger charge is 2.42. The van der Waals surface area contributed by atoms with Gasteiger partial charge in [-0.15, -0.1) is 0 Å². The number of hydrogen-bond donors (Lipinski definition) is 1. The Bertz CT molecular complexity index is 538. The van der Waals surface area contributed by atoms with Crippen molar-refractivity contribution in [3.8, 4) is 6.07 Å². The van der Waals surface area contributed by atoms with Crippen LogP contribution in [0.3, 0.4) is 0 Å². The monoisotopic (exact) mass is 262 g/mol. The topological polar surface area (TPSA) is 47.3 Å². The molecule has 1 heterocycles. The van der Waals surface area contributed by atoms with Gasteiger partial charge in [-0.25, -0.2) is 4.39 Å². The van der Waals surface area contributed by atoms with Crippen LogP contribution in [0.4, 0.5) is 10.1 Å². The highest BCUT2D eigenvalue weighted by atomic mass is 19.1. The maximum atomic E-state index is 14.0. The van der Waals surface area contributed by atoms with Crippen molar-refractivity contribution >= 4 is 5.69 Å². The first-order valence-corrected chi connectivity index (χ1v) is 6.63. The Morgan fingerprint density at radius 3 is 2.79 bits per heavy atom. The van der Waals surface area contributed by atoms with Crippen molar-refractivity contribution in [1.29, 1.82) is 5.26 Å². The molecule has 2 rings (SSSR count). The lowest BCUT2D eigenvalue weighted by molar-refractivity contribution is 0.0329. The molecule has 2 unspecified atom stereocenters. The van der Waals surface area contributed by atoms with Crippen LogP contribution in [0.2, 0.25) is 0 Å². The van der Waals surface area contributed by atoms with Gasteiger partial charge in [0.1, 0.15) is 11.9 Å². The second kappa shape index (κ2) is 4.82.